The van der Waals surface area contributed by atoms with Gasteiger partial charge in [0.25, 0.3) is 5.91 Å². The number of aliphatic imine (C=N–C) groups is 1. The molecule has 0 aliphatic carbocycles. The van der Waals surface area contributed by atoms with Gasteiger partial charge in [-0.25, -0.2) is 0 Å². The molecule has 4 rings (SSSR count). The zero-order chi connectivity index (χ0) is 19.5. The van der Waals surface area contributed by atoms with Crippen molar-refractivity contribution in [2.75, 3.05) is 38.2 Å². The Bertz CT molecular complexity index is 935. The Morgan fingerprint density at radius 2 is 1.79 bits per heavy atom. The number of phenols is 1. The Morgan fingerprint density at radius 1 is 1.07 bits per heavy atom. The number of carbonyl (C=O) groups is 1. The molecule has 2 aliphatic heterocycles. The number of hydrogen-bond acceptors (Lipinski definition) is 6. The zero-order valence-electron chi connectivity index (χ0n) is 15.5. The molecule has 0 bridgehead atoms. The molecule has 7 heteroatoms. The fraction of sp³-hybridized carbons (Fsp3) is 0.238. The number of aromatic hydroxyl groups is 1. The van der Waals surface area contributed by atoms with Crippen LogP contribution < -0.4 is 9.64 Å². The molecule has 0 radical (unpaired) electrons. The molecular weight excluding hydrogens is 374 g/mol. The summed E-state index contributed by atoms with van der Waals surface area (Å²) >= 11 is 1.40. The van der Waals surface area contributed by atoms with Gasteiger partial charge >= 0.3 is 0 Å². The second kappa shape index (κ2) is 7.98. The van der Waals surface area contributed by atoms with E-state index >= 15 is 0 Å². The molecule has 2 heterocycles. The molecule has 1 amide bonds. The van der Waals surface area contributed by atoms with Crippen molar-refractivity contribution in [1.29, 1.82) is 0 Å². The number of nitrogens with zero attached hydrogens (tertiary/aromatic N) is 3. The maximum Gasteiger partial charge on any atom is 0.286 e. The number of phenolic OH excluding ortho intramolecular Hbond substituents is 1. The van der Waals surface area contributed by atoms with Crippen molar-refractivity contribution >= 4 is 34.6 Å². The zero-order valence-corrected chi connectivity index (χ0v) is 16.4. The van der Waals surface area contributed by atoms with E-state index in [-0.39, 0.29) is 11.7 Å². The Labute approximate surface area is 168 Å². The van der Waals surface area contributed by atoms with Gasteiger partial charge in [-0.15, -0.1) is 0 Å². The van der Waals surface area contributed by atoms with Gasteiger partial charge in [0.05, 0.1) is 12.0 Å². The first-order valence-electron chi connectivity index (χ1n) is 9.08. The van der Waals surface area contributed by atoms with Gasteiger partial charge in [0.1, 0.15) is 0 Å². The fourth-order valence-corrected chi connectivity index (χ4v) is 4.23. The van der Waals surface area contributed by atoms with Crippen LogP contribution in [0.4, 0.5) is 5.69 Å². The van der Waals surface area contributed by atoms with Crippen LogP contribution in [-0.4, -0.2) is 54.4 Å². The number of amidine groups is 1. The van der Waals surface area contributed by atoms with E-state index in [2.05, 4.69) is 26.9 Å². The molecule has 144 valence electrons. The summed E-state index contributed by atoms with van der Waals surface area (Å²) in [5, 5.41) is 10.5. The van der Waals surface area contributed by atoms with Crippen molar-refractivity contribution in [3.8, 4) is 11.5 Å². The topological polar surface area (TPSA) is 65.4 Å². The number of anilines is 1. The second-order valence-corrected chi connectivity index (χ2v) is 7.56. The molecule has 1 N–H and O–H groups in total. The fourth-order valence-electron chi connectivity index (χ4n) is 3.26. The SMILES string of the molecule is COc1cc(/C=C2\SC(N3CCN(c4ccccc4)CC3)=NC2=O)ccc1O. The molecule has 0 aromatic heterocycles. The smallest absolute Gasteiger partial charge is 0.286 e. The third-order valence-electron chi connectivity index (χ3n) is 4.78. The van der Waals surface area contributed by atoms with E-state index in [1.165, 1.54) is 24.6 Å². The number of para-hydroxylation sites is 1. The van der Waals surface area contributed by atoms with Crippen molar-refractivity contribution in [3.05, 3.63) is 59.0 Å². The number of hydrogen-bond donors (Lipinski definition) is 1. The molecular formula is C21H21N3O3S. The van der Waals surface area contributed by atoms with E-state index < -0.39 is 0 Å². The predicted octanol–water partition coefficient (Wildman–Crippen LogP) is 3.19. The molecule has 2 aliphatic rings. The minimum atomic E-state index is -0.225. The van der Waals surface area contributed by atoms with Crippen LogP contribution in [0.1, 0.15) is 5.56 Å². The molecule has 6 nitrogen and oxygen atoms in total. The van der Waals surface area contributed by atoms with E-state index in [9.17, 15) is 9.90 Å². The van der Waals surface area contributed by atoms with E-state index in [0.29, 0.717) is 10.7 Å². The van der Waals surface area contributed by atoms with Gasteiger partial charge < -0.3 is 19.6 Å². The first-order chi connectivity index (χ1) is 13.6. The summed E-state index contributed by atoms with van der Waals surface area (Å²) in [6.45, 7) is 3.45. The van der Waals surface area contributed by atoms with Gasteiger partial charge in [0, 0.05) is 31.9 Å². The van der Waals surface area contributed by atoms with Gasteiger partial charge in [-0.2, -0.15) is 4.99 Å². The van der Waals surface area contributed by atoms with Gasteiger partial charge in [-0.1, -0.05) is 24.3 Å². The number of ether oxygens (including phenoxy) is 1. The van der Waals surface area contributed by atoms with Crippen LogP contribution in [0.25, 0.3) is 6.08 Å². The summed E-state index contributed by atoms with van der Waals surface area (Å²) in [7, 11) is 1.50. The third-order valence-corrected chi connectivity index (χ3v) is 5.83. The van der Waals surface area contributed by atoms with Crippen LogP contribution in [0, 0.1) is 0 Å². The van der Waals surface area contributed by atoms with Crippen LogP contribution in [0.5, 0.6) is 11.5 Å². The summed E-state index contributed by atoms with van der Waals surface area (Å²) in [5.41, 5.74) is 2.01. The van der Waals surface area contributed by atoms with Crippen molar-refractivity contribution in [1.82, 2.24) is 4.90 Å². The number of thioether (sulfide) groups is 1. The lowest BCUT2D eigenvalue weighted by molar-refractivity contribution is -0.113. The summed E-state index contributed by atoms with van der Waals surface area (Å²) < 4.78 is 5.13. The number of carbonyl (C=O) groups excluding carboxylic acids is 1. The number of rotatable bonds is 3. The highest BCUT2D eigenvalue weighted by molar-refractivity contribution is 8.18. The third kappa shape index (κ3) is 3.84. The van der Waals surface area contributed by atoms with E-state index in [4.69, 9.17) is 4.74 Å². The molecule has 2 aromatic carbocycles. The standard InChI is InChI=1S/C21H21N3O3S/c1-27-18-13-15(7-8-17(18)25)14-19-20(26)22-21(28-19)24-11-9-23(10-12-24)16-5-3-2-4-6-16/h2-8,13-14,25H,9-12H2,1H3/b19-14-. The minimum Gasteiger partial charge on any atom is -0.504 e. The van der Waals surface area contributed by atoms with Crippen LogP contribution in [0.3, 0.4) is 0 Å². The largest absolute Gasteiger partial charge is 0.504 e. The van der Waals surface area contributed by atoms with Gasteiger partial charge in [-0.3, -0.25) is 4.79 Å². The van der Waals surface area contributed by atoms with E-state index in [1.807, 2.05) is 18.2 Å². The van der Waals surface area contributed by atoms with Gasteiger partial charge in [-0.05, 0) is 47.7 Å². The quantitative estimate of drug-likeness (QED) is 0.806. The van der Waals surface area contributed by atoms with Crippen molar-refractivity contribution in [3.63, 3.8) is 0 Å². The average Bonchev–Trinajstić information content (AvgIpc) is 3.10. The van der Waals surface area contributed by atoms with Gasteiger partial charge in [0.2, 0.25) is 0 Å². The minimum absolute atomic E-state index is 0.0725. The first kappa shape index (κ1) is 18.4. The Kier molecular flexibility index (Phi) is 5.25. The highest BCUT2D eigenvalue weighted by atomic mass is 32.2. The Hall–Kier alpha value is -2.93. The van der Waals surface area contributed by atoms with Crippen LogP contribution in [-0.2, 0) is 4.79 Å². The van der Waals surface area contributed by atoms with Crippen LogP contribution >= 0.6 is 11.8 Å². The normalized spacial score (nSPS) is 18.5. The van der Waals surface area contributed by atoms with Crippen molar-refractivity contribution in [2.24, 2.45) is 4.99 Å². The van der Waals surface area contributed by atoms with E-state index in [0.717, 1.165) is 36.9 Å². The average molecular weight is 395 g/mol. The van der Waals surface area contributed by atoms with Crippen molar-refractivity contribution in [2.45, 2.75) is 0 Å². The van der Waals surface area contributed by atoms with E-state index in [1.54, 1.807) is 24.3 Å². The number of amides is 1. The lowest BCUT2D eigenvalue weighted by atomic mass is 10.2. The summed E-state index contributed by atoms with van der Waals surface area (Å²) in [6.07, 6.45) is 1.78. The van der Waals surface area contributed by atoms with Crippen LogP contribution in [0.2, 0.25) is 0 Å². The highest BCUT2D eigenvalue weighted by Gasteiger charge is 2.28. The number of methoxy groups -OCH3 is 1. The first-order valence-corrected chi connectivity index (χ1v) is 9.90. The Morgan fingerprint density at radius 3 is 2.50 bits per heavy atom. The van der Waals surface area contributed by atoms with Gasteiger partial charge in [0.15, 0.2) is 16.7 Å². The monoisotopic (exact) mass is 395 g/mol. The molecule has 28 heavy (non-hydrogen) atoms. The maximum atomic E-state index is 12.3. The number of benzene rings is 2. The lowest BCUT2D eigenvalue weighted by Crippen LogP contribution is -2.47. The van der Waals surface area contributed by atoms with Crippen molar-refractivity contribution < 1.29 is 14.6 Å². The molecule has 2 aromatic rings. The molecule has 0 spiro atoms. The summed E-state index contributed by atoms with van der Waals surface area (Å²) in [6, 6.07) is 15.4. The summed E-state index contributed by atoms with van der Waals surface area (Å²) in [5.74, 6) is 0.226. The molecule has 1 saturated heterocycles. The molecule has 0 saturated carbocycles. The summed E-state index contributed by atoms with van der Waals surface area (Å²) in [4.78, 5) is 21.7. The Balaban J connectivity index is 1.42. The maximum absolute atomic E-state index is 12.3. The second-order valence-electron chi connectivity index (χ2n) is 6.55. The lowest BCUT2D eigenvalue weighted by Gasteiger charge is -2.36. The molecule has 0 atom stereocenters. The molecule has 1 fully saturated rings. The molecule has 0 unspecified atom stereocenters. The predicted molar refractivity (Wildman–Crippen MR) is 113 cm³/mol. The van der Waals surface area contributed by atoms with Crippen LogP contribution in [0.15, 0.2) is 58.4 Å². The highest BCUT2D eigenvalue weighted by Crippen LogP contribution is 2.33. The number of piperazine rings is 1.